The molecule has 1 aliphatic carbocycles. The van der Waals surface area contributed by atoms with E-state index in [9.17, 15) is 4.39 Å². The maximum Gasteiger partial charge on any atom is 0.166 e. The molecule has 4 heteroatoms. The first-order chi connectivity index (χ1) is 7.19. The van der Waals surface area contributed by atoms with E-state index in [0.29, 0.717) is 11.8 Å². The highest BCUT2D eigenvalue weighted by atomic mass is 79.9. The minimum atomic E-state index is -0.308. The maximum absolute atomic E-state index is 13.4. The molecule has 1 saturated carbocycles. The second-order valence-corrected chi connectivity index (χ2v) is 4.69. The van der Waals surface area contributed by atoms with Crippen molar-refractivity contribution in [3.63, 3.8) is 0 Å². The first kappa shape index (κ1) is 10.9. The van der Waals surface area contributed by atoms with E-state index >= 15 is 0 Å². The van der Waals surface area contributed by atoms with Crippen molar-refractivity contribution in [1.82, 2.24) is 5.32 Å². The molecule has 0 heterocycles. The van der Waals surface area contributed by atoms with Crippen molar-refractivity contribution >= 4 is 15.9 Å². The molecule has 2 rings (SSSR count). The summed E-state index contributed by atoms with van der Waals surface area (Å²) in [5.41, 5.74) is 0. The van der Waals surface area contributed by atoms with Crippen LogP contribution < -0.4 is 10.1 Å². The van der Waals surface area contributed by atoms with Crippen LogP contribution >= 0.6 is 15.9 Å². The van der Waals surface area contributed by atoms with Crippen LogP contribution in [0.25, 0.3) is 0 Å². The summed E-state index contributed by atoms with van der Waals surface area (Å²) in [5, 5.41) is 3.16. The van der Waals surface area contributed by atoms with Crippen molar-refractivity contribution in [2.45, 2.75) is 25.0 Å². The van der Waals surface area contributed by atoms with Gasteiger partial charge in [-0.2, -0.15) is 0 Å². The molecule has 0 aliphatic heterocycles. The summed E-state index contributed by atoms with van der Waals surface area (Å²) in [7, 11) is 1.93. The largest absolute Gasteiger partial charge is 0.487 e. The summed E-state index contributed by atoms with van der Waals surface area (Å²) >= 11 is 3.21. The maximum atomic E-state index is 13.4. The molecular weight excluding hydrogens is 261 g/mol. The minimum Gasteiger partial charge on any atom is -0.487 e. The fourth-order valence-corrected chi connectivity index (χ4v) is 1.98. The van der Waals surface area contributed by atoms with Crippen molar-refractivity contribution in [1.29, 1.82) is 0 Å². The summed E-state index contributed by atoms with van der Waals surface area (Å²) in [4.78, 5) is 0. The molecule has 0 saturated heterocycles. The zero-order valence-electron chi connectivity index (χ0n) is 8.47. The van der Waals surface area contributed by atoms with Gasteiger partial charge in [-0.25, -0.2) is 4.39 Å². The van der Waals surface area contributed by atoms with Gasteiger partial charge < -0.3 is 10.1 Å². The molecule has 82 valence electrons. The topological polar surface area (TPSA) is 21.3 Å². The molecule has 0 bridgehead atoms. The second-order valence-electron chi connectivity index (χ2n) is 3.77. The number of nitrogens with one attached hydrogen (secondary N) is 1. The molecule has 0 amide bonds. The second kappa shape index (κ2) is 4.49. The molecule has 1 aliphatic rings. The Hall–Kier alpha value is -0.610. The molecular formula is C11H13BrFNO. The molecule has 2 nitrogen and oxygen atoms in total. The highest BCUT2D eigenvalue weighted by Crippen LogP contribution is 2.28. The molecule has 1 aromatic rings. The molecule has 1 fully saturated rings. The predicted molar refractivity (Wildman–Crippen MR) is 60.6 cm³/mol. The van der Waals surface area contributed by atoms with Crippen LogP contribution in [-0.2, 0) is 0 Å². The van der Waals surface area contributed by atoms with E-state index in [4.69, 9.17) is 4.74 Å². The standard InChI is InChI=1S/C11H13BrFNO/c1-14-8-5-9(6-8)15-11-3-2-7(12)4-10(11)13/h2-4,8-9,14H,5-6H2,1H3. The smallest absolute Gasteiger partial charge is 0.166 e. The summed E-state index contributed by atoms with van der Waals surface area (Å²) in [5.74, 6) is 0.0371. The van der Waals surface area contributed by atoms with Crippen molar-refractivity contribution < 1.29 is 9.13 Å². The molecule has 1 N–H and O–H groups in total. The zero-order chi connectivity index (χ0) is 10.8. The zero-order valence-corrected chi connectivity index (χ0v) is 10.1. The summed E-state index contributed by atoms with van der Waals surface area (Å²) in [6, 6.07) is 5.39. The van der Waals surface area contributed by atoms with Gasteiger partial charge in [0.15, 0.2) is 11.6 Å². The fourth-order valence-electron chi connectivity index (χ4n) is 1.65. The quantitative estimate of drug-likeness (QED) is 0.915. The third kappa shape index (κ3) is 2.49. The van der Waals surface area contributed by atoms with E-state index in [1.807, 2.05) is 7.05 Å². The molecule has 0 aromatic heterocycles. The van der Waals surface area contributed by atoms with E-state index in [-0.39, 0.29) is 11.9 Å². The molecule has 0 unspecified atom stereocenters. The highest BCUT2D eigenvalue weighted by molar-refractivity contribution is 9.10. The van der Waals surface area contributed by atoms with E-state index in [2.05, 4.69) is 21.2 Å². The van der Waals surface area contributed by atoms with Gasteiger partial charge in [0.05, 0.1) is 0 Å². The normalized spacial score (nSPS) is 24.7. The summed E-state index contributed by atoms with van der Waals surface area (Å²) in [6.07, 6.45) is 2.05. The average molecular weight is 274 g/mol. The fraction of sp³-hybridized carbons (Fsp3) is 0.455. The lowest BCUT2D eigenvalue weighted by Gasteiger charge is -2.35. The number of benzene rings is 1. The highest BCUT2D eigenvalue weighted by Gasteiger charge is 2.29. The van der Waals surface area contributed by atoms with Crippen molar-refractivity contribution in [3.05, 3.63) is 28.5 Å². The third-order valence-corrected chi connectivity index (χ3v) is 3.18. The van der Waals surface area contributed by atoms with Gasteiger partial charge in [-0.15, -0.1) is 0 Å². The predicted octanol–water partition coefficient (Wildman–Crippen LogP) is 2.72. The Morgan fingerprint density at radius 3 is 2.80 bits per heavy atom. The van der Waals surface area contributed by atoms with Crippen LogP contribution in [-0.4, -0.2) is 19.2 Å². The molecule has 0 radical (unpaired) electrons. The van der Waals surface area contributed by atoms with Gasteiger partial charge in [0, 0.05) is 10.5 Å². The number of hydrogen-bond donors (Lipinski definition) is 1. The molecule has 0 spiro atoms. The van der Waals surface area contributed by atoms with Crippen LogP contribution in [0.15, 0.2) is 22.7 Å². The van der Waals surface area contributed by atoms with Gasteiger partial charge in [-0.1, -0.05) is 15.9 Å². The molecule has 0 atom stereocenters. The van der Waals surface area contributed by atoms with Crippen LogP contribution in [0, 0.1) is 5.82 Å². The lowest BCUT2D eigenvalue weighted by atomic mass is 9.89. The van der Waals surface area contributed by atoms with E-state index < -0.39 is 0 Å². The van der Waals surface area contributed by atoms with Gasteiger partial charge >= 0.3 is 0 Å². The number of rotatable bonds is 3. The van der Waals surface area contributed by atoms with Crippen LogP contribution in [0.1, 0.15) is 12.8 Å². The van der Waals surface area contributed by atoms with E-state index in [0.717, 1.165) is 17.3 Å². The van der Waals surface area contributed by atoms with Crippen LogP contribution in [0.2, 0.25) is 0 Å². The Labute approximate surface area is 96.9 Å². The first-order valence-electron chi connectivity index (χ1n) is 4.98. The van der Waals surface area contributed by atoms with Gasteiger partial charge in [-0.3, -0.25) is 0 Å². The van der Waals surface area contributed by atoms with Crippen LogP contribution in [0.5, 0.6) is 5.75 Å². The Morgan fingerprint density at radius 1 is 1.47 bits per heavy atom. The third-order valence-electron chi connectivity index (χ3n) is 2.69. The SMILES string of the molecule is CNC1CC(Oc2ccc(Br)cc2F)C1. The summed E-state index contributed by atoms with van der Waals surface area (Å²) < 4.78 is 19.6. The van der Waals surface area contributed by atoms with Gasteiger partial charge in [-0.05, 0) is 38.1 Å². The van der Waals surface area contributed by atoms with E-state index in [1.54, 1.807) is 12.1 Å². The summed E-state index contributed by atoms with van der Waals surface area (Å²) in [6.45, 7) is 0. The van der Waals surface area contributed by atoms with Crippen LogP contribution in [0.3, 0.4) is 0 Å². The average Bonchev–Trinajstić information content (AvgIpc) is 2.13. The monoisotopic (exact) mass is 273 g/mol. The first-order valence-corrected chi connectivity index (χ1v) is 5.77. The lowest BCUT2D eigenvalue weighted by Crippen LogP contribution is -2.45. The number of ether oxygens (including phenoxy) is 1. The van der Waals surface area contributed by atoms with Gasteiger partial charge in [0.2, 0.25) is 0 Å². The minimum absolute atomic E-state index is 0.151. The molecule has 1 aromatic carbocycles. The van der Waals surface area contributed by atoms with E-state index in [1.165, 1.54) is 6.07 Å². The number of halogens is 2. The Morgan fingerprint density at radius 2 is 2.20 bits per heavy atom. The van der Waals surface area contributed by atoms with Crippen molar-refractivity contribution in [2.24, 2.45) is 0 Å². The number of hydrogen-bond acceptors (Lipinski definition) is 2. The van der Waals surface area contributed by atoms with Crippen LogP contribution in [0.4, 0.5) is 4.39 Å². The molecule has 15 heavy (non-hydrogen) atoms. The Bertz CT molecular complexity index is 352. The lowest BCUT2D eigenvalue weighted by molar-refractivity contribution is 0.0843. The van der Waals surface area contributed by atoms with Crippen molar-refractivity contribution in [3.8, 4) is 5.75 Å². The van der Waals surface area contributed by atoms with Gasteiger partial charge in [0.25, 0.3) is 0 Å². The Kier molecular flexibility index (Phi) is 3.26. The van der Waals surface area contributed by atoms with Gasteiger partial charge in [0.1, 0.15) is 6.10 Å². The Balaban J connectivity index is 1.94. The van der Waals surface area contributed by atoms with Crippen molar-refractivity contribution in [2.75, 3.05) is 7.05 Å².